The Morgan fingerprint density at radius 1 is 0.388 bits per heavy atom. The molecular weight excluding hydrogens is 641 g/mol. The van der Waals surface area contributed by atoms with Gasteiger partial charge in [-0.3, -0.25) is 0 Å². The molecule has 1 aliphatic carbocycles. The van der Waals surface area contributed by atoms with E-state index in [-0.39, 0.29) is 5.92 Å². The molecule has 1 aliphatic rings. The number of benzene rings is 3. The van der Waals surface area contributed by atoms with Crippen molar-refractivity contribution in [1.29, 1.82) is 0 Å². The van der Waals surface area contributed by atoms with Crippen molar-refractivity contribution in [3.8, 4) is 51.7 Å². The van der Waals surface area contributed by atoms with Crippen molar-refractivity contribution in [1.82, 2.24) is 0 Å². The Hall–Kier alpha value is -4.44. The predicted octanol–water partition coefficient (Wildman–Crippen LogP) is 6.00. The van der Waals surface area contributed by atoms with Crippen LogP contribution in [-0.2, 0) is 0 Å². The fourth-order valence-corrected chi connectivity index (χ4v) is 14.2. The second-order valence-corrected chi connectivity index (χ2v) is 16.0. The summed E-state index contributed by atoms with van der Waals surface area (Å²) in [7, 11) is 11.1. The van der Waals surface area contributed by atoms with Gasteiger partial charge in [-0.25, -0.2) is 0 Å². The quantitative estimate of drug-likeness (QED) is 0.158. The van der Waals surface area contributed by atoms with E-state index in [4.69, 9.17) is 42.6 Å². The number of rotatable bonds is 13. The van der Waals surface area contributed by atoms with E-state index in [0.29, 0.717) is 51.7 Å². The summed E-state index contributed by atoms with van der Waals surface area (Å²) in [5.74, 6) is 4.94. The lowest BCUT2D eigenvalue weighted by atomic mass is 10.1. The van der Waals surface area contributed by atoms with Crippen LogP contribution in [0.3, 0.4) is 0 Å². The molecule has 0 aromatic heterocycles. The number of methoxy groups -OCH3 is 9. The lowest BCUT2D eigenvalue weighted by Gasteiger charge is -2.41. The van der Waals surface area contributed by atoms with Gasteiger partial charge in [0, 0.05) is 15.6 Å². The average molecular weight is 693 g/mol. The standard InChI is InChI=1S/C39H52O9Si/c1-20-17-27(33(43-11)36(46-14)30(20)40-8)49(39-25(6)23(4)24(5)26(39)7,28-18-21(2)31(41-9)37(47-15)34(28)44-12)29-19-22(3)32(42-10)38(48-16)35(29)45-13/h17-19,25H,1-16H3. The summed E-state index contributed by atoms with van der Waals surface area (Å²) in [4.78, 5) is 0. The van der Waals surface area contributed by atoms with Crippen LogP contribution in [-0.4, -0.2) is 72.1 Å². The minimum atomic E-state index is -3.69. The van der Waals surface area contributed by atoms with Crippen LogP contribution in [0.15, 0.2) is 40.1 Å². The third-order valence-corrected chi connectivity index (χ3v) is 15.4. The Bertz CT molecular complexity index is 1650. The molecule has 4 rings (SSSR count). The highest BCUT2D eigenvalue weighted by Gasteiger charge is 2.55. The maximum Gasteiger partial charge on any atom is 0.203 e. The lowest BCUT2D eigenvalue weighted by Crippen LogP contribution is -2.70. The van der Waals surface area contributed by atoms with Gasteiger partial charge in [-0.05, 0) is 69.7 Å². The second kappa shape index (κ2) is 14.6. The van der Waals surface area contributed by atoms with E-state index < -0.39 is 8.07 Å². The third kappa shape index (κ3) is 5.44. The number of aryl methyl sites for hydroxylation is 3. The van der Waals surface area contributed by atoms with Crippen LogP contribution in [0.1, 0.15) is 44.4 Å². The fourth-order valence-electron chi connectivity index (χ4n) is 7.86. The zero-order valence-electron chi connectivity index (χ0n) is 32.0. The largest absolute Gasteiger partial charge is 0.493 e. The van der Waals surface area contributed by atoms with E-state index in [1.54, 1.807) is 64.0 Å². The topological polar surface area (TPSA) is 83.1 Å². The van der Waals surface area contributed by atoms with Gasteiger partial charge in [0.2, 0.25) is 17.2 Å². The van der Waals surface area contributed by atoms with Gasteiger partial charge in [0.05, 0.1) is 64.0 Å². The molecule has 0 fully saturated rings. The van der Waals surface area contributed by atoms with Crippen LogP contribution < -0.4 is 58.2 Å². The normalized spacial score (nSPS) is 14.6. The molecule has 0 radical (unpaired) electrons. The minimum Gasteiger partial charge on any atom is -0.493 e. The van der Waals surface area contributed by atoms with Gasteiger partial charge in [-0.1, -0.05) is 41.5 Å². The monoisotopic (exact) mass is 692 g/mol. The van der Waals surface area contributed by atoms with Crippen LogP contribution in [0.5, 0.6) is 51.7 Å². The molecule has 0 spiro atoms. The van der Waals surface area contributed by atoms with Crippen molar-refractivity contribution in [3.63, 3.8) is 0 Å². The van der Waals surface area contributed by atoms with Crippen LogP contribution in [0.25, 0.3) is 0 Å². The first-order valence-electron chi connectivity index (χ1n) is 16.1. The molecule has 10 heteroatoms. The van der Waals surface area contributed by atoms with E-state index in [9.17, 15) is 0 Å². The zero-order chi connectivity index (χ0) is 36.5. The molecule has 0 heterocycles. The van der Waals surface area contributed by atoms with Crippen molar-refractivity contribution >= 4 is 23.6 Å². The van der Waals surface area contributed by atoms with Gasteiger partial charge < -0.3 is 42.6 Å². The van der Waals surface area contributed by atoms with E-state index in [2.05, 4.69) is 45.9 Å². The molecule has 266 valence electrons. The number of hydrogen-bond acceptors (Lipinski definition) is 9. The van der Waals surface area contributed by atoms with Crippen molar-refractivity contribution < 1.29 is 42.6 Å². The first-order valence-corrected chi connectivity index (χ1v) is 18.1. The molecule has 3 aromatic carbocycles. The summed E-state index contributed by atoms with van der Waals surface area (Å²) >= 11 is 0. The van der Waals surface area contributed by atoms with E-state index in [1.807, 2.05) is 20.8 Å². The Morgan fingerprint density at radius 2 is 0.653 bits per heavy atom. The van der Waals surface area contributed by atoms with Crippen molar-refractivity contribution in [2.75, 3.05) is 64.0 Å². The molecule has 0 N–H and O–H groups in total. The van der Waals surface area contributed by atoms with Gasteiger partial charge in [0.1, 0.15) is 0 Å². The van der Waals surface area contributed by atoms with Gasteiger partial charge in [0.15, 0.2) is 42.6 Å². The van der Waals surface area contributed by atoms with Gasteiger partial charge >= 0.3 is 0 Å². The molecule has 1 unspecified atom stereocenters. The van der Waals surface area contributed by atoms with Gasteiger partial charge in [-0.2, -0.15) is 0 Å². The Labute approximate surface area is 292 Å². The fraction of sp³-hybridized carbons (Fsp3) is 0.436. The molecule has 3 aromatic rings. The highest BCUT2D eigenvalue weighted by molar-refractivity contribution is 7.17. The zero-order valence-corrected chi connectivity index (χ0v) is 33.0. The Morgan fingerprint density at radius 3 is 0.857 bits per heavy atom. The minimum absolute atomic E-state index is 0.0287. The molecule has 49 heavy (non-hydrogen) atoms. The first kappa shape index (κ1) is 37.4. The average Bonchev–Trinajstić information content (AvgIpc) is 3.29. The number of hydrogen-bond donors (Lipinski definition) is 0. The maximum absolute atomic E-state index is 6.41. The molecule has 0 amide bonds. The molecular formula is C39H52O9Si. The van der Waals surface area contributed by atoms with E-state index in [0.717, 1.165) is 32.3 Å². The number of allylic oxidation sites excluding steroid dienone is 4. The molecule has 1 atom stereocenters. The van der Waals surface area contributed by atoms with E-state index >= 15 is 0 Å². The predicted molar refractivity (Wildman–Crippen MR) is 197 cm³/mol. The molecule has 0 aliphatic heterocycles. The molecule has 0 bridgehead atoms. The van der Waals surface area contributed by atoms with Crippen LogP contribution in [0.2, 0.25) is 0 Å². The summed E-state index contributed by atoms with van der Waals surface area (Å²) in [6.07, 6.45) is 0. The Kier molecular flexibility index (Phi) is 11.1. The third-order valence-electron chi connectivity index (χ3n) is 10.2. The van der Waals surface area contributed by atoms with Crippen LogP contribution >= 0.6 is 0 Å². The SMILES string of the molecule is COc1c(C)cc([Si](C2=C(C)C(C)=C(C)C2C)(c2cc(C)c(OC)c(OC)c2OC)c2cc(C)c(OC)c(OC)c2OC)c(OC)c1OC. The molecule has 0 saturated heterocycles. The van der Waals surface area contributed by atoms with Gasteiger partial charge in [0.25, 0.3) is 0 Å². The maximum atomic E-state index is 6.41. The molecule has 0 saturated carbocycles. The summed E-state index contributed by atoms with van der Waals surface area (Å²) in [5.41, 5.74) is 6.35. The number of ether oxygens (including phenoxy) is 9. The van der Waals surface area contributed by atoms with Crippen LogP contribution in [0, 0.1) is 26.7 Å². The first-order chi connectivity index (χ1) is 23.4. The highest BCUT2D eigenvalue weighted by atomic mass is 28.3. The summed E-state index contributed by atoms with van der Waals surface area (Å²) < 4.78 is 55.4. The smallest absolute Gasteiger partial charge is 0.203 e. The van der Waals surface area contributed by atoms with Crippen molar-refractivity contribution in [3.05, 3.63) is 56.8 Å². The van der Waals surface area contributed by atoms with Crippen LogP contribution in [0.4, 0.5) is 0 Å². The van der Waals surface area contributed by atoms with Crippen molar-refractivity contribution in [2.45, 2.75) is 48.5 Å². The second-order valence-electron chi connectivity index (χ2n) is 12.3. The molecule has 9 nitrogen and oxygen atoms in total. The summed E-state index contributed by atoms with van der Waals surface area (Å²) in [6.45, 7) is 14.9. The summed E-state index contributed by atoms with van der Waals surface area (Å²) in [5, 5.41) is 4.00. The lowest BCUT2D eigenvalue weighted by molar-refractivity contribution is 0.323. The Balaban J connectivity index is 2.58. The highest BCUT2D eigenvalue weighted by Crippen LogP contribution is 2.50. The summed E-state index contributed by atoms with van der Waals surface area (Å²) in [6, 6.07) is 6.50. The van der Waals surface area contributed by atoms with E-state index in [1.165, 1.54) is 21.9 Å². The van der Waals surface area contributed by atoms with Crippen molar-refractivity contribution in [2.24, 2.45) is 5.92 Å². The van der Waals surface area contributed by atoms with Gasteiger partial charge in [-0.15, -0.1) is 0 Å².